The minimum Gasteiger partial charge on any atom is -0.311 e. The third kappa shape index (κ3) is 3.31. The predicted molar refractivity (Wildman–Crippen MR) is 75.9 cm³/mol. The normalized spacial score (nSPS) is 12.4. The molecule has 2 nitrogen and oxygen atoms in total. The van der Waals surface area contributed by atoms with E-state index in [1.165, 1.54) is 6.07 Å². The lowest BCUT2D eigenvalue weighted by Gasteiger charge is -2.17. The average Bonchev–Trinajstić information content (AvgIpc) is 2.40. The van der Waals surface area contributed by atoms with E-state index in [4.69, 9.17) is 11.6 Å². The summed E-state index contributed by atoms with van der Waals surface area (Å²) in [5.41, 5.74) is 2.68. The van der Waals surface area contributed by atoms with Gasteiger partial charge in [-0.05, 0) is 44.2 Å². The van der Waals surface area contributed by atoms with Crippen LogP contribution < -0.4 is 5.32 Å². The zero-order valence-corrected chi connectivity index (χ0v) is 11.7. The maximum absolute atomic E-state index is 13.4. The minimum atomic E-state index is -0.383. The number of aryl methyl sites for hydroxylation is 1. The highest BCUT2D eigenvalue weighted by Crippen LogP contribution is 2.24. The number of pyridine rings is 1. The lowest BCUT2D eigenvalue weighted by Crippen LogP contribution is -2.20. The lowest BCUT2D eigenvalue weighted by atomic mass is 10.0. The van der Waals surface area contributed by atoms with Gasteiger partial charge in [-0.1, -0.05) is 29.8 Å². The van der Waals surface area contributed by atoms with Crippen LogP contribution in [0.5, 0.6) is 0 Å². The molecular weight excluding hydrogens is 263 g/mol. The van der Waals surface area contributed by atoms with Crippen molar-refractivity contribution in [1.29, 1.82) is 0 Å². The summed E-state index contributed by atoms with van der Waals surface area (Å²) in [6, 6.07) is 10.8. The highest BCUT2D eigenvalue weighted by Gasteiger charge is 2.15. The summed E-state index contributed by atoms with van der Waals surface area (Å²) < 4.78 is 13.4. The molecule has 0 aliphatic carbocycles. The molecule has 2 aromatic rings. The minimum absolute atomic E-state index is 0.0131. The summed E-state index contributed by atoms with van der Waals surface area (Å²) in [6.07, 6.45) is 0.601. The van der Waals surface area contributed by atoms with Crippen molar-refractivity contribution >= 4 is 11.6 Å². The smallest absolute Gasteiger partial charge is 0.142 e. The number of rotatable bonds is 4. The van der Waals surface area contributed by atoms with E-state index in [1.54, 1.807) is 6.07 Å². The Morgan fingerprint density at radius 1 is 1.26 bits per heavy atom. The second-order valence-electron chi connectivity index (χ2n) is 4.46. The Morgan fingerprint density at radius 2 is 2.00 bits per heavy atom. The number of nitrogens with one attached hydrogen (secondary N) is 1. The van der Waals surface area contributed by atoms with Gasteiger partial charge in [-0.25, -0.2) is 4.39 Å². The van der Waals surface area contributed by atoms with E-state index < -0.39 is 0 Å². The maximum Gasteiger partial charge on any atom is 0.142 e. The van der Waals surface area contributed by atoms with E-state index in [1.807, 2.05) is 38.2 Å². The van der Waals surface area contributed by atoms with Crippen LogP contribution in [-0.2, 0) is 6.42 Å². The first-order chi connectivity index (χ1) is 9.11. The highest BCUT2D eigenvalue weighted by atomic mass is 35.5. The van der Waals surface area contributed by atoms with Crippen LogP contribution in [0.15, 0.2) is 36.4 Å². The van der Waals surface area contributed by atoms with Crippen molar-refractivity contribution in [3.63, 3.8) is 0 Å². The number of benzene rings is 1. The van der Waals surface area contributed by atoms with Gasteiger partial charge in [0.1, 0.15) is 5.82 Å². The van der Waals surface area contributed by atoms with E-state index in [0.29, 0.717) is 6.42 Å². The summed E-state index contributed by atoms with van der Waals surface area (Å²) >= 11 is 5.99. The Kier molecular flexibility index (Phi) is 4.51. The van der Waals surface area contributed by atoms with Crippen LogP contribution in [0.3, 0.4) is 0 Å². The van der Waals surface area contributed by atoms with Crippen LogP contribution in [0, 0.1) is 12.7 Å². The van der Waals surface area contributed by atoms with Crippen molar-refractivity contribution in [1.82, 2.24) is 10.3 Å². The van der Waals surface area contributed by atoms with Gasteiger partial charge in [0.05, 0.1) is 16.8 Å². The van der Waals surface area contributed by atoms with Crippen molar-refractivity contribution < 1.29 is 4.39 Å². The van der Waals surface area contributed by atoms with Gasteiger partial charge in [0, 0.05) is 5.69 Å². The van der Waals surface area contributed by atoms with Crippen LogP contribution in [-0.4, -0.2) is 12.0 Å². The summed E-state index contributed by atoms with van der Waals surface area (Å²) in [6.45, 7) is 1.95. The molecule has 0 radical (unpaired) electrons. The molecule has 100 valence electrons. The first-order valence-corrected chi connectivity index (χ1v) is 6.53. The summed E-state index contributed by atoms with van der Waals surface area (Å²) in [5.74, 6) is -0.383. The molecule has 0 spiro atoms. The molecule has 1 atom stereocenters. The molecule has 0 aliphatic heterocycles. The van der Waals surface area contributed by atoms with Crippen LogP contribution in [0.2, 0.25) is 5.02 Å². The fourth-order valence-corrected chi connectivity index (χ4v) is 2.24. The number of aromatic nitrogens is 1. The average molecular weight is 279 g/mol. The summed E-state index contributed by atoms with van der Waals surface area (Å²) in [4.78, 5) is 4.49. The molecule has 0 aliphatic rings. The molecule has 1 heterocycles. The Morgan fingerprint density at radius 3 is 2.68 bits per heavy atom. The second kappa shape index (κ2) is 6.13. The van der Waals surface area contributed by atoms with Gasteiger partial charge in [0.25, 0.3) is 0 Å². The van der Waals surface area contributed by atoms with Gasteiger partial charge >= 0.3 is 0 Å². The molecule has 0 saturated heterocycles. The molecule has 1 N–H and O–H groups in total. The third-order valence-electron chi connectivity index (χ3n) is 3.07. The molecule has 1 aromatic carbocycles. The number of hydrogen-bond acceptors (Lipinski definition) is 2. The van der Waals surface area contributed by atoms with Gasteiger partial charge in [-0.15, -0.1) is 0 Å². The van der Waals surface area contributed by atoms with Crippen molar-refractivity contribution in [2.45, 2.75) is 19.4 Å². The molecule has 2 rings (SSSR count). The fourth-order valence-electron chi connectivity index (χ4n) is 2.04. The molecule has 0 fully saturated rings. The second-order valence-corrected chi connectivity index (χ2v) is 4.84. The SMILES string of the molecule is CNC(Cc1cccc(F)c1Cl)c1cccc(C)n1. The number of hydrogen-bond donors (Lipinski definition) is 1. The third-order valence-corrected chi connectivity index (χ3v) is 3.49. The van der Waals surface area contributed by atoms with Crippen molar-refractivity contribution in [2.24, 2.45) is 0 Å². The van der Waals surface area contributed by atoms with E-state index in [0.717, 1.165) is 17.0 Å². The molecule has 0 amide bonds. The predicted octanol–water partition coefficient (Wildman–Crippen LogP) is 3.69. The zero-order chi connectivity index (χ0) is 13.8. The highest BCUT2D eigenvalue weighted by molar-refractivity contribution is 6.31. The molecule has 1 unspecified atom stereocenters. The number of nitrogens with zero attached hydrogens (tertiary/aromatic N) is 1. The Bertz CT molecular complexity index is 572. The monoisotopic (exact) mass is 278 g/mol. The standard InChI is InChI=1S/C15H16ClFN2/c1-10-5-3-8-13(19-10)14(18-2)9-11-6-4-7-12(17)15(11)16/h3-8,14,18H,9H2,1-2H3. The van der Waals surface area contributed by atoms with E-state index in [-0.39, 0.29) is 16.9 Å². The first kappa shape index (κ1) is 14.0. The van der Waals surface area contributed by atoms with E-state index in [9.17, 15) is 4.39 Å². The van der Waals surface area contributed by atoms with Crippen molar-refractivity contribution in [2.75, 3.05) is 7.05 Å². The number of likely N-dealkylation sites (N-methyl/N-ethyl adjacent to an activating group) is 1. The molecule has 4 heteroatoms. The summed E-state index contributed by atoms with van der Waals surface area (Å²) in [5, 5.41) is 3.39. The van der Waals surface area contributed by atoms with Gasteiger partial charge in [-0.2, -0.15) is 0 Å². The molecule has 19 heavy (non-hydrogen) atoms. The molecule has 1 aromatic heterocycles. The Hall–Kier alpha value is -1.45. The fraction of sp³-hybridized carbons (Fsp3) is 0.267. The number of halogens is 2. The van der Waals surface area contributed by atoms with Crippen LogP contribution >= 0.6 is 11.6 Å². The lowest BCUT2D eigenvalue weighted by molar-refractivity contribution is 0.569. The first-order valence-electron chi connectivity index (χ1n) is 6.15. The zero-order valence-electron chi connectivity index (χ0n) is 11.0. The Balaban J connectivity index is 2.26. The Labute approximate surface area is 117 Å². The van der Waals surface area contributed by atoms with Gasteiger partial charge < -0.3 is 5.32 Å². The quantitative estimate of drug-likeness (QED) is 0.923. The van der Waals surface area contributed by atoms with Crippen LogP contribution in [0.25, 0.3) is 0 Å². The van der Waals surface area contributed by atoms with E-state index >= 15 is 0 Å². The van der Waals surface area contributed by atoms with Crippen molar-refractivity contribution in [3.8, 4) is 0 Å². The largest absolute Gasteiger partial charge is 0.311 e. The molecule has 0 bridgehead atoms. The van der Waals surface area contributed by atoms with Crippen molar-refractivity contribution in [3.05, 3.63) is 64.2 Å². The van der Waals surface area contributed by atoms with E-state index in [2.05, 4.69) is 10.3 Å². The summed E-state index contributed by atoms with van der Waals surface area (Å²) in [7, 11) is 1.86. The molecule has 0 saturated carbocycles. The van der Waals surface area contributed by atoms with Gasteiger partial charge in [0.15, 0.2) is 0 Å². The van der Waals surface area contributed by atoms with Crippen LogP contribution in [0.4, 0.5) is 4.39 Å². The van der Waals surface area contributed by atoms with Crippen LogP contribution in [0.1, 0.15) is 23.0 Å². The van der Waals surface area contributed by atoms with Gasteiger partial charge in [0.2, 0.25) is 0 Å². The van der Waals surface area contributed by atoms with Gasteiger partial charge in [-0.3, -0.25) is 4.98 Å². The maximum atomic E-state index is 13.4. The molecular formula is C15H16ClFN2. The topological polar surface area (TPSA) is 24.9 Å².